The zero-order valence-electron chi connectivity index (χ0n) is 31.7. The summed E-state index contributed by atoms with van der Waals surface area (Å²) in [5, 5.41) is 35.3. The number of fused-ring (bicyclic) bond motifs is 7. The highest BCUT2D eigenvalue weighted by Crippen LogP contribution is 2.81. The van der Waals surface area contributed by atoms with E-state index in [9.17, 15) is 20.1 Å². The summed E-state index contributed by atoms with van der Waals surface area (Å²) in [7, 11) is 0. The van der Waals surface area contributed by atoms with Gasteiger partial charge in [0.1, 0.15) is 0 Å². The lowest BCUT2D eigenvalue weighted by Crippen LogP contribution is -2.71. The van der Waals surface area contributed by atoms with Gasteiger partial charge in [-0.25, -0.2) is 0 Å². The predicted octanol–water partition coefficient (Wildman–Crippen LogP) is 9.96. The third-order valence-electron chi connectivity index (χ3n) is 17.5. The van der Waals surface area contributed by atoms with Crippen LogP contribution < -0.4 is 0 Å². The van der Waals surface area contributed by atoms with Gasteiger partial charge in [-0.3, -0.25) is 4.79 Å². The van der Waals surface area contributed by atoms with E-state index in [1.54, 1.807) is 0 Å². The third-order valence-corrected chi connectivity index (χ3v) is 17.5. The van der Waals surface area contributed by atoms with E-state index in [4.69, 9.17) is 4.74 Å². The molecule has 0 aromatic heterocycles. The first-order valence-electron chi connectivity index (χ1n) is 20.5. The van der Waals surface area contributed by atoms with Gasteiger partial charge >= 0.3 is 5.97 Å². The number of hydrogen-bond donors (Lipinski definition) is 3. The van der Waals surface area contributed by atoms with Gasteiger partial charge in [0.25, 0.3) is 0 Å². The van der Waals surface area contributed by atoms with Crippen LogP contribution in [0.3, 0.4) is 0 Å². The minimum absolute atomic E-state index is 0.0303. The Morgan fingerprint density at radius 2 is 1.59 bits per heavy atom. The Bertz CT molecular complexity index is 1380. The maximum Gasteiger partial charge on any atom is 0.309 e. The van der Waals surface area contributed by atoms with E-state index in [0.717, 1.165) is 64.2 Å². The number of carboxylic acids is 1. The second-order valence-electron chi connectivity index (χ2n) is 19.6. The molecule has 7 rings (SSSR count). The van der Waals surface area contributed by atoms with Crippen molar-refractivity contribution in [2.24, 2.45) is 56.2 Å². The fourth-order valence-electron chi connectivity index (χ4n) is 15.2. The summed E-state index contributed by atoms with van der Waals surface area (Å²) in [4.78, 5) is 12.9. The lowest BCUT2D eigenvalue weighted by atomic mass is 9.28. The van der Waals surface area contributed by atoms with E-state index in [1.165, 1.54) is 50.5 Å². The average molecular weight is 677 g/mol. The highest BCUT2D eigenvalue weighted by molar-refractivity contribution is 5.74. The van der Waals surface area contributed by atoms with E-state index in [2.05, 4.69) is 65.0 Å². The number of unbranched alkanes of at least 4 members (excludes halogenated alkanes) is 3. The van der Waals surface area contributed by atoms with Gasteiger partial charge in [0, 0.05) is 17.8 Å². The first-order valence-corrected chi connectivity index (χ1v) is 20.5. The van der Waals surface area contributed by atoms with Crippen molar-refractivity contribution in [3.63, 3.8) is 0 Å². The highest BCUT2D eigenvalue weighted by Gasteiger charge is 2.78. The Kier molecular flexibility index (Phi) is 9.04. The van der Waals surface area contributed by atoms with Crippen LogP contribution in [0.25, 0.3) is 0 Å². The Balaban J connectivity index is 1.32. The molecular weight excluding hydrogens is 608 g/mol. The van der Waals surface area contributed by atoms with E-state index in [0.29, 0.717) is 18.3 Å². The van der Waals surface area contributed by atoms with Crippen molar-refractivity contribution in [2.75, 3.05) is 0 Å². The molecule has 1 aromatic rings. The predicted molar refractivity (Wildman–Crippen MR) is 195 cm³/mol. The molecular formula is C44H68O5. The fourth-order valence-corrected chi connectivity index (χ4v) is 15.2. The standard InChI is InChI=1S/C44H68O5/c1-7-9-10-14-19-42-26-24-40(5)32(41(42,6)25-23-38(3)21-22-39(4,37(46)47)29-34(38)42)18-20-43-33(15-8-2)44(48,28-31(45)36(40)43)49-35(43)27-30-16-12-11-13-17-30/h11-13,16-17,31-36,45,48H,7-10,14-15,18-29H2,1-6H3,(H,46,47)/t31-,32-,33+,34?,35+,36-,38-,39+,40-,41+,42-,43+,44-/m0/s1. The molecule has 3 N–H and O–H groups in total. The molecule has 6 fully saturated rings. The Morgan fingerprint density at radius 1 is 0.857 bits per heavy atom. The molecule has 5 aliphatic carbocycles. The van der Waals surface area contributed by atoms with Gasteiger partial charge < -0.3 is 20.1 Å². The number of aliphatic carboxylic acids is 1. The maximum absolute atomic E-state index is 12.9. The van der Waals surface area contributed by atoms with Crippen LogP contribution in [0, 0.1) is 56.2 Å². The molecule has 1 saturated heterocycles. The number of hydrogen-bond acceptors (Lipinski definition) is 4. The van der Waals surface area contributed by atoms with Crippen molar-refractivity contribution in [3.05, 3.63) is 35.9 Å². The van der Waals surface area contributed by atoms with Crippen LogP contribution >= 0.6 is 0 Å². The van der Waals surface area contributed by atoms with E-state index in [-0.39, 0.29) is 45.0 Å². The van der Waals surface area contributed by atoms with Gasteiger partial charge in [0.05, 0.1) is 17.6 Å². The van der Waals surface area contributed by atoms with E-state index < -0.39 is 23.3 Å². The number of aliphatic hydroxyl groups is 2. The molecule has 0 radical (unpaired) electrons. The minimum Gasteiger partial charge on any atom is -0.481 e. The summed E-state index contributed by atoms with van der Waals surface area (Å²) in [6.07, 6.45) is 17.8. The number of benzene rings is 1. The van der Waals surface area contributed by atoms with Crippen LogP contribution in [0.5, 0.6) is 0 Å². The fraction of sp³-hybridized carbons (Fsp3) is 0.841. The van der Waals surface area contributed by atoms with Gasteiger partial charge in [0.2, 0.25) is 0 Å². The SMILES string of the molecule is CCCCCC[C@@]12CC[C@]3(C)[C@@H]4[C@@H](O)C[C@]5(O)O[C@H](Cc6ccccc6)[C@@]4(CC[C@@H]3[C@@]1(C)CC[C@]1(C)CC[C@@](C)(C(=O)O)CC12)[C@H]5CCC. The second-order valence-corrected chi connectivity index (χ2v) is 19.6. The molecule has 1 heterocycles. The number of ether oxygens (including phenoxy) is 1. The van der Waals surface area contributed by atoms with Crippen LogP contribution in [0.4, 0.5) is 0 Å². The van der Waals surface area contributed by atoms with Gasteiger partial charge in [-0.2, -0.15) is 0 Å². The molecule has 5 heteroatoms. The van der Waals surface area contributed by atoms with Gasteiger partial charge in [-0.05, 0) is 129 Å². The molecule has 0 amide bonds. The molecule has 1 unspecified atom stereocenters. The first kappa shape index (κ1) is 36.0. The summed E-state index contributed by atoms with van der Waals surface area (Å²) >= 11 is 0. The summed E-state index contributed by atoms with van der Waals surface area (Å²) in [5.74, 6) is -0.904. The van der Waals surface area contributed by atoms with Crippen molar-refractivity contribution in [2.45, 2.75) is 175 Å². The van der Waals surface area contributed by atoms with Crippen LogP contribution in [0.2, 0.25) is 0 Å². The van der Waals surface area contributed by atoms with E-state index in [1.807, 2.05) is 6.92 Å². The molecule has 1 aliphatic heterocycles. The van der Waals surface area contributed by atoms with Crippen LogP contribution in [0.1, 0.15) is 156 Å². The lowest BCUT2D eigenvalue weighted by molar-refractivity contribution is -0.293. The number of carboxylic acid groups (broad SMARTS) is 1. The monoisotopic (exact) mass is 677 g/mol. The molecule has 1 spiro atoms. The summed E-state index contributed by atoms with van der Waals surface area (Å²) in [6, 6.07) is 10.7. The molecule has 5 nitrogen and oxygen atoms in total. The molecule has 2 bridgehead atoms. The zero-order chi connectivity index (χ0) is 35.1. The van der Waals surface area contributed by atoms with Gasteiger partial charge in [0.15, 0.2) is 5.79 Å². The maximum atomic E-state index is 12.9. The highest BCUT2D eigenvalue weighted by atomic mass is 16.6. The van der Waals surface area contributed by atoms with Crippen molar-refractivity contribution < 1.29 is 24.9 Å². The topological polar surface area (TPSA) is 87.0 Å². The van der Waals surface area contributed by atoms with Gasteiger partial charge in [-0.1, -0.05) is 97.1 Å². The molecule has 13 atom stereocenters. The summed E-state index contributed by atoms with van der Waals surface area (Å²) < 4.78 is 6.89. The largest absolute Gasteiger partial charge is 0.481 e. The number of carbonyl (C=O) groups is 1. The van der Waals surface area contributed by atoms with Crippen molar-refractivity contribution in [1.82, 2.24) is 0 Å². The Labute approximate surface area is 297 Å². The lowest BCUT2D eigenvalue weighted by Gasteiger charge is -2.76. The van der Waals surface area contributed by atoms with Crippen LogP contribution in [0.15, 0.2) is 30.3 Å². The van der Waals surface area contributed by atoms with E-state index >= 15 is 0 Å². The molecule has 274 valence electrons. The summed E-state index contributed by atoms with van der Waals surface area (Å²) in [5.41, 5.74) is 0.635. The normalized spacial score (nSPS) is 50.1. The number of aliphatic hydroxyl groups excluding tert-OH is 1. The first-order chi connectivity index (χ1) is 23.2. The van der Waals surface area contributed by atoms with Crippen molar-refractivity contribution in [3.8, 4) is 0 Å². The van der Waals surface area contributed by atoms with Crippen molar-refractivity contribution >= 4 is 5.97 Å². The van der Waals surface area contributed by atoms with Crippen molar-refractivity contribution in [1.29, 1.82) is 0 Å². The quantitative estimate of drug-likeness (QED) is 0.215. The zero-order valence-corrected chi connectivity index (χ0v) is 31.7. The Morgan fingerprint density at radius 3 is 2.29 bits per heavy atom. The number of rotatable bonds is 10. The van der Waals surface area contributed by atoms with Gasteiger partial charge in [-0.15, -0.1) is 0 Å². The molecule has 5 saturated carbocycles. The Hall–Kier alpha value is -1.43. The third kappa shape index (κ3) is 5.03. The minimum atomic E-state index is -1.27. The van der Waals surface area contributed by atoms with Crippen LogP contribution in [-0.2, 0) is 16.0 Å². The smallest absolute Gasteiger partial charge is 0.309 e. The average Bonchev–Trinajstić information content (AvgIpc) is 3.20. The second kappa shape index (κ2) is 12.3. The summed E-state index contributed by atoms with van der Waals surface area (Å²) in [6.45, 7) is 14.3. The molecule has 6 aliphatic rings. The van der Waals surface area contributed by atoms with Crippen LogP contribution in [-0.4, -0.2) is 39.3 Å². The molecule has 1 aromatic carbocycles. The molecule has 49 heavy (non-hydrogen) atoms.